The van der Waals surface area contributed by atoms with Crippen molar-refractivity contribution in [1.82, 2.24) is 15.1 Å². The topological polar surface area (TPSA) is 52.7 Å². The fourth-order valence-corrected chi connectivity index (χ4v) is 3.36. The molecule has 2 heterocycles. The summed E-state index contributed by atoms with van der Waals surface area (Å²) >= 11 is 0. The molecule has 2 saturated heterocycles. The molecule has 1 N–H and O–H groups in total. The number of nitrogens with zero attached hydrogens (tertiary/aromatic N) is 2. The predicted octanol–water partition coefficient (Wildman–Crippen LogP) is 0.599. The molecule has 112 valence electrons. The maximum absolute atomic E-state index is 11.7. The molecule has 5 nitrogen and oxygen atoms in total. The van der Waals surface area contributed by atoms with Crippen LogP contribution in [0.25, 0.3) is 0 Å². The molecular weight excluding hydrogens is 254 g/mol. The Morgan fingerprint density at radius 3 is 2.30 bits per heavy atom. The van der Waals surface area contributed by atoms with Crippen LogP contribution in [0.4, 0.5) is 0 Å². The van der Waals surface area contributed by atoms with Gasteiger partial charge in [-0.25, -0.2) is 0 Å². The Morgan fingerprint density at radius 1 is 1.05 bits per heavy atom. The highest BCUT2D eigenvalue weighted by Gasteiger charge is 2.33. The van der Waals surface area contributed by atoms with Crippen LogP contribution in [0.5, 0.6) is 0 Å². The van der Waals surface area contributed by atoms with Crippen LogP contribution < -0.4 is 5.32 Å². The maximum atomic E-state index is 11.7. The molecule has 2 aliphatic heterocycles. The number of amides is 2. The van der Waals surface area contributed by atoms with Gasteiger partial charge in [0.15, 0.2) is 0 Å². The van der Waals surface area contributed by atoms with E-state index in [0.29, 0.717) is 25.4 Å². The molecular formula is C15H25N3O2. The molecule has 0 aromatic carbocycles. The molecule has 0 aromatic heterocycles. The number of carbonyl (C=O) groups is 2. The van der Waals surface area contributed by atoms with Crippen molar-refractivity contribution in [3.8, 4) is 0 Å². The molecule has 3 rings (SSSR count). The van der Waals surface area contributed by atoms with E-state index >= 15 is 0 Å². The number of nitrogens with one attached hydrogen (secondary N) is 1. The Balaban J connectivity index is 1.49. The van der Waals surface area contributed by atoms with E-state index in [-0.39, 0.29) is 11.8 Å². The summed E-state index contributed by atoms with van der Waals surface area (Å²) in [6, 6.07) is 0.706. The van der Waals surface area contributed by atoms with Gasteiger partial charge >= 0.3 is 0 Å². The second kappa shape index (κ2) is 6.22. The van der Waals surface area contributed by atoms with Gasteiger partial charge in [0.25, 0.3) is 0 Å². The summed E-state index contributed by atoms with van der Waals surface area (Å²) in [4.78, 5) is 27.3. The lowest BCUT2D eigenvalue weighted by Gasteiger charge is -2.31. The SMILES string of the molecule is O=C1CCC(=O)N1CCN(CC1CCNCC1)C1CC1. The summed E-state index contributed by atoms with van der Waals surface area (Å²) in [6.07, 6.45) is 5.91. The third kappa shape index (κ3) is 3.38. The molecule has 3 aliphatic rings. The molecule has 1 saturated carbocycles. The van der Waals surface area contributed by atoms with Crippen LogP contribution in [0, 0.1) is 5.92 Å². The minimum atomic E-state index is 0.0209. The number of hydrogen-bond acceptors (Lipinski definition) is 4. The lowest BCUT2D eigenvalue weighted by atomic mass is 9.97. The van der Waals surface area contributed by atoms with Crippen molar-refractivity contribution in [3.05, 3.63) is 0 Å². The first-order valence-electron chi connectivity index (χ1n) is 8.02. The number of imide groups is 1. The number of carbonyl (C=O) groups excluding carboxylic acids is 2. The van der Waals surface area contributed by atoms with Gasteiger partial charge < -0.3 is 5.32 Å². The van der Waals surface area contributed by atoms with Crippen molar-refractivity contribution in [1.29, 1.82) is 0 Å². The van der Waals surface area contributed by atoms with Gasteiger partial charge in [-0.3, -0.25) is 19.4 Å². The van der Waals surface area contributed by atoms with Crippen molar-refractivity contribution in [2.24, 2.45) is 5.92 Å². The summed E-state index contributed by atoms with van der Waals surface area (Å²) in [7, 11) is 0. The van der Waals surface area contributed by atoms with Gasteiger partial charge in [0, 0.05) is 38.5 Å². The molecule has 2 amide bonds. The minimum Gasteiger partial charge on any atom is -0.317 e. The van der Waals surface area contributed by atoms with Crippen molar-refractivity contribution >= 4 is 11.8 Å². The number of piperidine rings is 1. The zero-order chi connectivity index (χ0) is 13.9. The average molecular weight is 279 g/mol. The van der Waals surface area contributed by atoms with Crippen molar-refractivity contribution < 1.29 is 9.59 Å². The van der Waals surface area contributed by atoms with Crippen molar-refractivity contribution in [2.75, 3.05) is 32.7 Å². The zero-order valence-corrected chi connectivity index (χ0v) is 12.1. The molecule has 3 fully saturated rings. The van der Waals surface area contributed by atoms with Gasteiger partial charge in [0.05, 0.1) is 0 Å². The van der Waals surface area contributed by atoms with Gasteiger partial charge in [-0.2, -0.15) is 0 Å². The summed E-state index contributed by atoms with van der Waals surface area (Å²) in [5.41, 5.74) is 0. The molecule has 0 bridgehead atoms. The summed E-state index contributed by atoms with van der Waals surface area (Å²) in [5.74, 6) is 0.821. The fourth-order valence-electron chi connectivity index (χ4n) is 3.36. The van der Waals surface area contributed by atoms with E-state index in [0.717, 1.165) is 32.1 Å². The molecule has 0 radical (unpaired) electrons. The van der Waals surface area contributed by atoms with Crippen molar-refractivity contribution in [3.63, 3.8) is 0 Å². The van der Waals surface area contributed by atoms with Gasteiger partial charge in [0.1, 0.15) is 0 Å². The van der Waals surface area contributed by atoms with Crippen LogP contribution in [0.15, 0.2) is 0 Å². The van der Waals surface area contributed by atoms with E-state index in [1.807, 2.05) is 0 Å². The molecule has 0 aromatic rings. The van der Waals surface area contributed by atoms with Gasteiger partial charge in [-0.1, -0.05) is 0 Å². The Hall–Kier alpha value is -0.940. The quantitative estimate of drug-likeness (QED) is 0.724. The Labute approximate surface area is 120 Å². The monoisotopic (exact) mass is 279 g/mol. The summed E-state index contributed by atoms with van der Waals surface area (Å²) in [5, 5.41) is 3.41. The molecule has 5 heteroatoms. The third-order valence-electron chi connectivity index (χ3n) is 4.78. The van der Waals surface area contributed by atoms with Crippen LogP contribution in [0.2, 0.25) is 0 Å². The smallest absolute Gasteiger partial charge is 0.229 e. The number of likely N-dealkylation sites (tertiary alicyclic amines) is 1. The fraction of sp³-hybridized carbons (Fsp3) is 0.867. The molecule has 0 atom stereocenters. The highest BCUT2D eigenvalue weighted by Crippen LogP contribution is 2.29. The standard InChI is InChI=1S/C15H25N3O2/c19-14-3-4-15(20)18(14)10-9-17(13-1-2-13)11-12-5-7-16-8-6-12/h12-13,16H,1-11H2. The van der Waals surface area contributed by atoms with Gasteiger partial charge in [-0.05, 0) is 44.7 Å². The van der Waals surface area contributed by atoms with Crippen LogP contribution in [-0.4, -0.2) is 60.4 Å². The normalized spacial score (nSPS) is 24.9. The number of rotatable bonds is 6. The summed E-state index contributed by atoms with van der Waals surface area (Å²) in [6.45, 7) is 4.87. The van der Waals surface area contributed by atoms with Crippen LogP contribution in [0.3, 0.4) is 0 Å². The highest BCUT2D eigenvalue weighted by molar-refractivity contribution is 6.01. The minimum absolute atomic E-state index is 0.0209. The predicted molar refractivity (Wildman–Crippen MR) is 76.1 cm³/mol. The maximum Gasteiger partial charge on any atom is 0.229 e. The molecule has 20 heavy (non-hydrogen) atoms. The van der Waals surface area contributed by atoms with Crippen molar-refractivity contribution in [2.45, 2.75) is 44.6 Å². The first kappa shape index (κ1) is 14.0. The van der Waals surface area contributed by atoms with E-state index in [2.05, 4.69) is 10.2 Å². The Kier molecular flexibility index (Phi) is 4.36. The summed E-state index contributed by atoms with van der Waals surface area (Å²) < 4.78 is 0. The first-order chi connectivity index (χ1) is 9.74. The lowest BCUT2D eigenvalue weighted by Crippen LogP contribution is -2.42. The van der Waals surface area contributed by atoms with Gasteiger partial charge in [0.2, 0.25) is 11.8 Å². The van der Waals surface area contributed by atoms with E-state index in [9.17, 15) is 9.59 Å². The molecule has 0 unspecified atom stereocenters. The Bertz CT molecular complexity index is 359. The van der Waals surface area contributed by atoms with E-state index < -0.39 is 0 Å². The largest absolute Gasteiger partial charge is 0.317 e. The van der Waals surface area contributed by atoms with Crippen LogP contribution in [0.1, 0.15) is 38.5 Å². The molecule has 1 aliphatic carbocycles. The second-order valence-corrected chi connectivity index (χ2v) is 6.36. The van der Waals surface area contributed by atoms with Crippen LogP contribution in [-0.2, 0) is 9.59 Å². The van der Waals surface area contributed by atoms with Gasteiger partial charge in [-0.15, -0.1) is 0 Å². The molecule has 0 spiro atoms. The Morgan fingerprint density at radius 2 is 1.70 bits per heavy atom. The average Bonchev–Trinajstić information content (AvgIpc) is 3.25. The van der Waals surface area contributed by atoms with E-state index in [1.165, 1.54) is 30.6 Å². The first-order valence-corrected chi connectivity index (χ1v) is 8.02. The zero-order valence-electron chi connectivity index (χ0n) is 12.1. The van der Waals surface area contributed by atoms with E-state index in [4.69, 9.17) is 0 Å². The second-order valence-electron chi connectivity index (χ2n) is 6.36. The third-order valence-corrected chi connectivity index (χ3v) is 4.78. The number of hydrogen-bond donors (Lipinski definition) is 1. The van der Waals surface area contributed by atoms with E-state index in [1.54, 1.807) is 0 Å². The van der Waals surface area contributed by atoms with Crippen LogP contribution >= 0.6 is 0 Å². The highest BCUT2D eigenvalue weighted by atomic mass is 16.2. The lowest BCUT2D eigenvalue weighted by molar-refractivity contribution is -0.138.